The zero-order chi connectivity index (χ0) is 12.1. The van der Waals surface area contributed by atoms with Crippen LogP contribution in [0.1, 0.15) is 0 Å². The fraction of sp³-hybridized carbons (Fsp3) is 0.0769. The number of para-hydroxylation sites is 1. The van der Waals surface area contributed by atoms with Crippen molar-refractivity contribution >= 4 is 17.4 Å². The molecule has 0 atom stereocenters. The number of aromatic nitrogens is 1. The van der Waals surface area contributed by atoms with Gasteiger partial charge in [0.1, 0.15) is 0 Å². The van der Waals surface area contributed by atoms with E-state index in [1.807, 2.05) is 36.4 Å². The average molecular weight is 227 g/mol. The smallest absolute Gasteiger partial charge is 0.308 e. The van der Waals surface area contributed by atoms with E-state index < -0.39 is 0 Å². The van der Waals surface area contributed by atoms with Crippen LogP contribution in [0.15, 0.2) is 54.9 Å². The Morgan fingerprint density at radius 2 is 1.94 bits per heavy atom. The lowest BCUT2D eigenvalue weighted by Crippen LogP contribution is -2.31. The van der Waals surface area contributed by atoms with E-state index >= 15 is 0 Å². The van der Waals surface area contributed by atoms with Gasteiger partial charge in [-0.2, -0.15) is 0 Å². The molecule has 2 rings (SSSR count). The Labute approximate surface area is 99.9 Å². The standard InChI is InChI=1S/C13H13N3O/c1-16(12-8-5-9-14-10-12)13(17)15-11-6-3-2-4-7-11/h2-10H,1H3,(H,15,17). The number of nitrogens with zero attached hydrogens (tertiary/aromatic N) is 2. The van der Waals surface area contributed by atoms with Gasteiger partial charge in [-0.1, -0.05) is 18.2 Å². The summed E-state index contributed by atoms with van der Waals surface area (Å²) in [6.45, 7) is 0. The fourth-order valence-corrected chi connectivity index (χ4v) is 1.40. The first kappa shape index (κ1) is 11.1. The van der Waals surface area contributed by atoms with Gasteiger partial charge in [0.2, 0.25) is 0 Å². The first-order valence-electron chi connectivity index (χ1n) is 5.27. The van der Waals surface area contributed by atoms with Crippen LogP contribution in [0.4, 0.5) is 16.2 Å². The van der Waals surface area contributed by atoms with Crippen LogP contribution in [0.3, 0.4) is 0 Å². The molecule has 1 aromatic carbocycles. The van der Waals surface area contributed by atoms with Crippen LogP contribution in [-0.4, -0.2) is 18.1 Å². The maximum absolute atomic E-state index is 11.9. The molecule has 0 saturated carbocycles. The lowest BCUT2D eigenvalue weighted by Gasteiger charge is -2.17. The maximum Gasteiger partial charge on any atom is 0.326 e. The minimum atomic E-state index is -0.191. The summed E-state index contributed by atoms with van der Waals surface area (Å²) in [6, 6.07) is 12.8. The summed E-state index contributed by atoms with van der Waals surface area (Å²) >= 11 is 0. The van der Waals surface area contributed by atoms with Crippen molar-refractivity contribution < 1.29 is 4.79 Å². The molecule has 0 aliphatic heterocycles. The van der Waals surface area contributed by atoms with Crippen LogP contribution in [0.5, 0.6) is 0 Å². The Kier molecular flexibility index (Phi) is 3.35. The van der Waals surface area contributed by atoms with Crippen molar-refractivity contribution in [2.75, 3.05) is 17.3 Å². The van der Waals surface area contributed by atoms with Crippen LogP contribution < -0.4 is 10.2 Å². The predicted molar refractivity (Wildman–Crippen MR) is 68.1 cm³/mol. The van der Waals surface area contributed by atoms with Crippen molar-refractivity contribution in [1.82, 2.24) is 4.98 Å². The number of hydrogen-bond acceptors (Lipinski definition) is 2. The topological polar surface area (TPSA) is 45.2 Å². The quantitative estimate of drug-likeness (QED) is 0.857. The summed E-state index contributed by atoms with van der Waals surface area (Å²) in [6.07, 6.45) is 3.32. The summed E-state index contributed by atoms with van der Waals surface area (Å²) < 4.78 is 0. The van der Waals surface area contributed by atoms with Crippen LogP contribution in [0.25, 0.3) is 0 Å². The lowest BCUT2D eigenvalue weighted by atomic mass is 10.3. The number of nitrogens with one attached hydrogen (secondary N) is 1. The van der Waals surface area contributed by atoms with Crippen LogP contribution in [0, 0.1) is 0 Å². The highest BCUT2D eigenvalue weighted by Crippen LogP contribution is 2.12. The van der Waals surface area contributed by atoms with Crippen molar-refractivity contribution in [1.29, 1.82) is 0 Å². The second-order valence-corrected chi connectivity index (χ2v) is 3.57. The largest absolute Gasteiger partial charge is 0.326 e. The summed E-state index contributed by atoms with van der Waals surface area (Å²) in [5.74, 6) is 0. The van der Waals surface area contributed by atoms with E-state index in [1.165, 1.54) is 4.90 Å². The van der Waals surface area contributed by atoms with Crippen molar-refractivity contribution in [3.05, 3.63) is 54.9 Å². The monoisotopic (exact) mass is 227 g/mol. The van der Waals surface area contributed by atoms with E-state index in [0.29, 0.717) is 0 Å². The Bertz CT molecular complexity index is 485. The summed E-state index contributed by atoms with van der Waals surface area (Å²) in [5, 5.41) is 2.80. The molecule has 0 saturated heterocycles. The number of hydrogen-bond donors (Lipinski definition) is 1. The second-order valence-electron chi connectivity index (χ2n) is 3.57. The van der Waals surface area contributed by atoms with Gasteiger partial charge in [-0.05, 0) is 24.3 Å². The summed E-state index contributed by atoms with van der Waals surface area (Å²) in [7, 11) is 1.70. The van der Waals surface area contributed by atoms with E-state index in [-0.39, 0.29) is 6.03 Å². The van der Waals surface area contributed by atoms with Crippen LogP contribution in [-0.2, 0) is 0 Å². The molecule has 0 aliphatic carbocycles. The number of urea groups is 1. The molecule has 0 aliphatic rings. The minimum absolute atomic E-state index is 0.191. The lowest BCUT2D eigenvalue weighted by molar-refractivity contribution is 0.258. The van der Waals surface area contributed by atoms with E-state index in [2.05, 4.69) is 10.3 Å². The molecular weight excluding hydrogens is 214 g/mol. The first-order chi connectivity index (χ1) is 8.27. The van der Waals surface area contributed by atoms with Gasteiger partial charge < -0.3 is 5.32 Å². The molecule has 2 amide bonds. The average Bonchev–Trinajstić information content (AvgIpc) is 2.40. The van der Waals surface area contributed by atoms with Crippen LogP contribution in [0.2, 0.25) is 0 Å². The van der Waals surface area contributed by atoms with Gasteiger partial charge in [-0.25, -0.2) is 4.79 Å². The van der Waals surface area contributed by atoms with Gasteiger partial charge in [0.15, 0.2) is 0 Å². The fourth-order valence-electron chi connectivity index (χ4n) is 1.40. The Morgan fingerprint density at radius 3 is 2.59 bits per heavy atom. The van der Waals surface area contributed by atoms with Crippen molar-refractivity contribution in [2.45, 2.75) is 0 Å². The summed E-state index contributed by atoms with van der Waals surface area (Å²) in [5.41, 5.74) is 1.52. The Balaban J connectivity index is 2.06. The number of pyridine rings is 1. The van der Waals surface area contributed by atoms with E-state index in [0.717, 1.165) is 11.4 Å². The third-order valence-corrected chi connectivity index (χ3v) is 2.36. The first-order valence-corrected chi connectivity index (χ1v) is 5.27. The zero-order valence-electron chi connectivity index (χ0n) is 9.50. The van der Waals surface area contributed by atoms with E-state index in [4.69, 9.17) is 0 Å². The predicted octanol–water partition coefficient (Wildman–Crippen LogP) is 2.75. The molecule has 2 aromatic rings. The normalized spacial score (nSPS) is 9.71. The number of carbonyl (C=O) groups is 1. The van der Waals surface area contributed by atoms with Gasteiger partial charge in [0, 0.05) is 18.9 Å². The molecule has 86 valence electrons. The molecule has 4 nitrogen and oxygen atoms in total. The highest BCUT2D eigenvalue weighted by Gasteiger charge is 2.10. The van der Waals surface area contributed by atoms with Gasteiger partial charge in [-0.15, -0.1) is 0 Å². The molecule has 17 heavy (non-hydrogen) atoms. The van der Waals surface area contributed by atoms with Crippen LogP contribution >= 0.6 is 0 Å². The van der Waals surface area contributed by atoms with E-state index in [9.17, 15) is 4.79 Å². The third-order valence-electron chi connectivity index (χ3n) is 2.36. The second kappa shape index (κ2) is 5.12. The van der Waals surface area contributed by atoms with Crippen molar-refractivity contribution in [3.63, 3.8) is 0 Å². The summed E-state index contributed by atoms with van der Waals surface area (Å²) in [4.78, 5) is 17.4. The molecular formula is C13H13N3O. The maximum atomic E-state index is 11.9. The Morgan fingerprint density at radius 1 is 1.18 bits per heavy atom. The van der Waals surface area contributed by atoms with Gasteiger partial charge in [0.05, 0.1) is 11.9 Å². The van der Waals surface area contributed by atoms with Crippen molar-refractivity contribution in [3.8, 4) is 0 Å². The zero-order valence-corrected chi connectivity index (χ0v) is 9.50. The molecule has 4 heteroatoms. The highest BCUT2D eigenvalue weighted by molar-refractivity contribution is 6.01. The molecule has 0 radical (unpaired) electrons. The molecule has 0 fully saturated rings. The molecule has 0 spiro atoms. The SMILES string of the molecule is CN(C(=O)Nc1ccccc1)c1cccnc1. The number of amides is 2. The number of rotatable bonds is 2. The van der Waals surface area contributed by atoms with E-state index in [1.54, 1.807) is 25.5 Å². The molecule has 1 N–H and O–H groups in total. The minimum Gasteiger partial charge on any atom is -0.308 e. The molecule has 1 aromatic heterocycles. The molecule has 0 bridgehead atoms. The number of anilines is 2. The van der Waals surface area contributed by atoms with Gasteiger partial charge in [0.25, 0.3) is 0 Å². The number of carbonyl (C=O) groups excluding carboxylic acids is 1. The van der Waals surface area contributed by atoms with Gasteiger partial charge >= 0.3 is 6.03 Å². The molecule has 0 unspecified atom stereocenters. The third kappa shape index (κ3) is 2.81. The highest BCUT2D eigenvalue weighted by atomic mass is 16.2. The number of benzene rings is 1. The molecule has 1 heterocycles. The van der Waals surface area contributed by atoms with Gasteiger partial charge in [-0.3, -0.25) is 9.88 Å². The Hall–Kier alpha value is -2.36. The van der Waals surface area contributed by atoms with Crippen molar-refractivity contribution in [2.24, 2.45) is 0 Å².